The van der Waals surface area contributed by atoms with Crippen molar-refractivity contribution < 1.29 is 10.2 Å². The van der Waals surface area contributed by atoms with Gasteiger partial charge in [0, 0.05) is 0 Å². The van der Waals surface area contributed by atoms with Crippen molar-refractivity contribution in [2.24, 2.45) is 11.8 Å². The summed E-state index contributed by atoms with van der Waals surface area (Å²) in [5, 5.41) is 20.6. The first-order valence-electron chi connectivity index (χ1n) is 10.1. The summed E-state index contributed by atoms with van der Waals surface area (Å²) in [6.45, 7) is 11.1. The molecule has 1 heterocycles. The van der Waals surface area contributed by atoms with Crippen LogP contribution < -0.4 is 17.1 Å². The van der Waals surface area contributed by atoms with Crippen molar-refractivity contribution in [3.05, 3.63) is 44.1 Å². The zero-order valence-corrected chi connectivity index (χ0v) is 17.5. The highest BCUT2D eigenvalue weighted by Crippen LogP contribution is 2.11. The molecular weight excluding hydrogens is 362 g/mol. The van der Waals surface area contributed by atoms with Crippen molar-refractivity contribution in [2.45, 2.75) is 85.2 Å². The molecule has 8 heteroatoms. The van der Waals surface area contributed by atoms with E-state index >= 15 is 0 Å². The fourth-order valence-electron chi connectivity index (χ4n) is 3.11. The molecule has 4 atom stereocenters. The minimum Gasteiger partial charge on any atom is -0.391 e. The SMILES string of the molecule is C=CCn1c(=O)n(CC(O)CC(C)CC)c(=O)n(CC(O)CC(C)CC)c1=O. The van der Waals surface area contributed by atoms with Crippen molar-refractivity contribution >= 4 is 0 Å². The molecule has 0 fully saturated rings. The fraction of sp³-hybridized carbons (Fsp3) is 0.750. The first kappa shape index (κ1) is 24.1. The molecule has 1 aromatic rings. The highest BCUT2D eigenvalue weighted by molar-refractivity contribution is 4.84. The van der Waals surface area contributed by atoms with Crippen molar-refractivity contribution in [2.75, 3.05) is 0 Å². The standard InChI is InChI=1S/C20H35N3O5/c1-6-9-21-18(26)22(12-16(24)10-14(4)7-2)20(28)23(19(21)27)13-17(25)11-15(5)8-3/h6,14-17,24-25H,1,7-13H2,2-5H3. The van der Waals surface area contributed by atoms with E-state index in [1.54, 1.807) is 0 Å². The molecule has 0 radical (unpaired) electrons. The number of hydrogen-bond donors (Lipinski definition) is 2. The van der Waals surface area contributed by atoms with Crippen LogP contribution in [-0.4, -0.2) is 36.1 Å². The van der Waals surface area contributed by atoms with Crippen LogP contribution in [0.25, 0.3) is 0 Å². The number of aliphatic hydroxyl groups is 2. The van der Waals surface area contributed by atoms with Gasteiger partial charge in [0.05, 0.1) is 31.8 Å². The van der Waals surface area contributed by atoms with E-state index in [2.05, 4.69) is 6.58 Å². The minimum atomic E-state index is -0.881. The van der Waals surface area contributed by atoms with Gasteiger partial charge in [-0.15, -0.1) is 6.58 Å². The third-order valence-electron chi connectivity index (χ3n) is 5.23. The summed E-state index contributed by atoms with van der Waals surface area (Å²) in [4.78, 5) is 38.1. The molecule has 0 saturated carbocycles. The van der Waals surface area contributed by atoms with E-state index in [1.165, 1.54) is 6.08 Å². The van der Waals surface area contributed by atoms with Crippen molar-refractivity contribution in [1.29, 1.82) is 0 Å². The Bertz CT molecular complexity index is 749. The summed E-state index contributed by atoms with van der Waals surface area (Å²) in [6.07, 6.45) is 2.26. The molecule has 8 nitrogen and oxygen atoms in total. The van der Waals surface area contributed by atoms with Crippen LogP contribution in [-0.2, 0) is 19.6 Å². The molecule has 1 rings (SSSR count). The Morgan fingerprint density at radius 2 is 1.18 bits per heavy atom. The zero-order valence-electron chi connectivity index (χ0n) is 17.5. The lowest BCUT2D eigenvalue weighted by Gasteiger charge is -2.20. The number of allylic oxidation sites excluding steroid dienone is 1. The predicted molar refractivity (Wildman–Crippen MR) is 110 cm³/mol. The van der Waals surface area contributed by atoms with E-state index in [9.17, 15) is 24.6 Å². The number of nitrogens with zero attached hydrogens (tertiary/aromatic N) is 3. The predicted octanol–water partition coefficient (Wildman–Crippen LogP) is 0.952. The van der Waals surface area contributed by atoms with Crippen LogP contribution in [0, 0.1) is 11.8 Å². The van der Waals surface area contributed by atoms with Gasteiger partial charge in [0.1, 0.15) is 0 Å². The monoisotopic (exact) mass is 397 g/mol. The van der Waals surface area contributed by atoms with E-state index < -0.39 is 29.3 Å². The summed E-state index contributed by atoms with van der Waals surface area (Å²) in [5.41, 5.74) is -2.35. The van der Waals surface area contributed by atoms with Crippen LogP contribution in [0.1, 0.15) is 53.4 Å². The molecule has 0 saturated heterocycles. The maximum atomic E-state index is 12.8. The second-order valence-corrected chi connectivity index (χ2v) is 7.77. The molecule has 0 aliphatic carbocycles. The Balaban J connectivity index is 3.34. The van der Waals surface area contributed by atoms with Gasteiger partial charge >= 0.3 is 17.1 Å². The molecule has 0 aromatic carbocycles. The maximum Gasteiger partial charge on any atom is 0.336 e. The number of aliphatic hydroxyl groups excluding tert-OH is 2. The molecule has 0 spiro atoms. The van der Waals surface area contributed by atoms with Crippen LogP contribution in [0.5, 0.6) is 0 Å². The van der Waals surface area contributed by atoms with Crippen LogP contribution in [0.15, 0.2) is 27.0 Å². The largest absolute Gasteiger partial charge is 0.391 e. The minimum absolute atomic E-state index is 0.0547. The molecule has 2 N–H and O–H groups in total. The first-order chi connectivity index (χ1) is 13.2. The molecule has 0 amide bonds. The van der Waals surface area contributed by atoms with Gasteiger partial charge in [-0.05, 0) is 24.7 Å². The third-order valence-corrected chi connectivity index (χ3v) is 5.23. The number of rotatable bonds is 12. The highest BCUT2D eigenvalue weighted by Gasteiger charge is 2.20. The van der Waals surface area contributed by atoms with E-state index in [-0.39, 0.29) is 31.5 Å². The van der Waals surface area contributed by atoms with Gasteiger partial charge < -0.3 is 10.2 Å². The fourth-order valence-corrected chi connectivity index (χ4v) is 3.11. The Morgan fingerprint density at radius 1 is 0.821 bits per heavy atom. The quantitative estimate of drug-likeness (QED) is 0.511. The van der Waals surface area contributed by atoms with E-state index in [1.807, 2.05) is 27.7 Å². The van der Waals surface area contributed by atoms with Gasteiger partial charge in [-0.3, -0.25) is 0 Å². The average Bonchev–Trinajstić information content (AvgIpc) is 2.65. The molecule has 0 bridgehead atoms. The summed E-state index contributed by atoms with van der Waals surface area (Å²) in [5.74, 6) is 0.480. The average molecular weight is 398 g/mol. The van der Waals surface area contributed by atoms with Crippen molar-refractivity contribution in [1.82, 2.24) is 13.7 Å². The smallest absolute Gasteiger partial charge is 0.336 e. The third kappa shape index (κ3) is 6.31. The lowest BCUT2D eigenvalue weighted by atomic mass is 10.0. The van der Waals surface area contributed by atoms with Crippen LogP contribution in [0.2, 0.25) is 0 Å². The van der Waals surface area contributed by atoms with Crippen LogP contribution >= 0.6 is 0 Å². The second kappa shape index (κ2) is 11.2. The van der Waals surface area contributed by atoms with E-state index in [0.717, 1.165) is 26.5 Å². The van der Waals surface area contributed by atoms with Gasteiger partial charge in [-0.2, -0.15) is 0 Å². The lowest BCUT2D eigenvalue weighted by Crippen LogP contribution is -2.56. The van der Waals surface area contributed by atoms with Gasteiger partial charge in [-0.1, -0.05) is 46.6 Å². The molecule has 1 aromatic heterocycles. The zero-order chi connectivity index (χ0) is 21.4. The summed E-state index contributed by atoms with van der Waals surface area (Å²) < 4.78 is 2.67. The molecule has 0 aliphatic rings. The molecule has 28 heavy (non-hydrogen) atoms. The summed E-state index contributed by atoms with van der Waals surface area (Å²) in [7, 11) is 0. The maximum absolute atomic E-state index is 12.8. The number of aromatic nitrogens is 3. The summed E-state index contributed by atoms with van der Waals surface area (Å²) >= 11 is 0. The van der Waals surface area contributed by atoms with Crippen LogP contribution in [0.3, 0.4) is 0 Å². The Hall–Kier alpha value is -1.93. The van der Waals surface area contributed by atoms with Gasteiger partial charge in [-0.25, -0.2) is 28.1 Å². The van der Waals surface area contributed by atoms with Crippen molar-refractivity contribution in [3.63, 3.8) is 0 Å². The number of hydrogen-bond acceptors (Lipinski definition) is 5. The normalized spacial score (nSPS) is 15.8. The van der Waals surface area contributed by atoms with Crippen molar-refractivity contribution in [3.8, 4) is 0 Å². The highest BCUT2D eigenvalue weighted by atomic mass is 16.3. The lowest BCUT2D eigenvalue weighted by molar-refractivity contribution is 0.112. The Labute approximate surface area is 165 Å². The second-order valence-electron chi connectivity index (χ2n) is 7.77. The molecule has 0 aliphatic heterocycles. The molecule has 160 valence electrons. The topological polar surface area (TPSA) is 106 Å². The van der Waals surface area contributed by atoms with Gasteiger partial charge in [0.2, 0.25) is 0 Å². The van der Waals surface area contributed by atoms with Crippen LogP contribution in [0.4, 0.5) is 0 Å². The Morgan fingerprint density at radius 3 is 1.50 bits per heavy atom. The molecular formula is C20H35N3O5. The van der Waals surface area contributed by atoms with Gasteiger partial charge in [0.15, 0.2) is 0 Å². The Kier molecular flexibility index (Phi) is 9.61. The first-order valence-corrected chi connectivity index (χ1v) is 10.1. The molecule has 4 unspecified atom stereocenters. The summed E-state index contributed by atoms with van der Waals surface area (Å²) in [6, 6.07) is 0. The van der Waals surface area contributed by atoms with Gasteiger partial charge in [0.25, 0.3) is 0 Å². The van der Waals surface area contributed by atoms with E-state index in [4.69, 9.17) is 0 Å². The van der Waals surface area contributed by atoms with E-state index in [0.29, 0.717) is 12.8 Å².